The van der Waals surface area contributed by atoms with E-state index in [1.165, 1.54) is 4.90 Å². The van der Waals surface area contributed by atoms with Gasteiger partial charge in [-0.25, -0.2) is 0 Å². The van der Waals surface area contributed by atoms with Crippen molar-refractivity contribution in [1.29, 1.82) is 0 Å². The van der Waals surface area contributed by atoms with Crippen LogP contribution in [0, 0.1) is 13.8 Å². The van der Waals surface area contributed by atoms with Crippen LogP contribution in [0.3, 0.4) is 0 Å². The Hall–Kier alpha value is -3.67. The molecule has 1 saturated heterocycles. The van der Waals surface area contributed by atoms with Gasteiger partial charge in [-0.3, -0.25) is 14.5 Å². The summed E-state index contributed by atoms with van der Waals surface area (Å²) in [6.45, 7) is 3.66. The van der Waals surface area contributed by atoms with Crippen molar-refractivity contribution in [2.24, 2.45) is 0 Å². The fraction of sp³-hybridized carbons (Fsp3) is 0.136. The summed E-state index contributed by atoms with van der Waals surface area (Å²) in [6.07, 6.45) is 0. The number of carbonyl (C=O) groups excluding carboxylic acids is 2. The van der Waals surface area contributed by atoms with Gasteiger partial charge < -0.3 is 9.63 Å². The Morgan fingerprint density at radius 1 is 1.04 bits per heavy atom. The molecule has 1 amide bonds. The summed E-state index contributed by atoms with van der Waals surface area (Å²) in [4.78, 5) is 27.0. The Bertz CT molecular complexity index is 1080. The predicted octanol–water partition coefficient (Wildman–Crippen LogP) is 3.92. The van der Waals surface area contributed by atoms with Crippen LogP contribution in [0.25, 0.3) is 5.76 Å². The van der Waals surface area contributed by atoms with Crippen molar-refractivity contribution in [3.8, 4) is 0 Å². The van der Waals surface area contributed by atoms with Crippen molar-refractivity contribution in [1.82, 2.24) is 5.16 Å². The van der Waals surface area contributed by atoms with Gasteiger partial charge in [-0.05, 0) is 19.4 Å². The fourth-order valence-corrected chi connectivity index (χ4v) is 3.35. The second-order valence-electron chi connectivity index (χ2n) is 6.74. The number of hydrogen-bond acceptors (Lipinski definition) is 5. The van der Waals surface area contributed by atoms with Crippen LogP contribution in [0.15, 0.2) is 70.8 Å². The third-order valence-corrected chi connectivity index (χ3v) is 4.75. The molecule has 1 unspecified atom stereocenters. The molecule has 0 saturated carbocycles. The maximum absolute atomic E-state index is 12.9. The quantitative estimate of drug-likeness (QED) is 0.427. The van der Waals surface area contributed by atoms with Gasteiger partial charge in [0.15, 0.2) is 5.82 Å². The van der Waals surface area contributed by atoms with Crippen molar-refractivity contribution in [3.05, 3.63) is 88.7 Å². The Morgan fingerprint density at radius 2 is 1.71 bits per heavy atom. The number of hydrogen-bond donors (Lipinski definition) is 1. The Kier molecular flexibility index (Phi) is 4.31. The van der Waals surface area contributed by atoms with Gasteiger partial charge in [-0.2, -0.15) is 0 Å². The van der Waals surface area contributed by atoms with E-state index in [0.717, 1.165) is 5.56 Å². The topological polar surface area (TPSA) is 83.6 Å². The van der Waals surface area contributed by atoms with Gasteiger partial charge in [0.25, 0.3) is 5.78 Å². The van der Waals surface area contributed by atoms with E-state index < -0.39 is 17.7 Å². The Labute approximate surface area is 161 Å². The summed E-state index contributed by atoms with van der Waals surface area (Å²) < 4.78 is 5.11. The van der Waals surface area contributed by atoms with Gasteiger partial charge in [-0.15, -0.1) is 0 Å². The number of amides is 1. The second-order valence-corrected chi connectivity index (χ2v) is 6.74. The van der Waals surface area contributed by atoms with Gasteiger partial charge in [0.1, 0.15) is 11.5 Å². The zero-order chi connectivity index (χ0) is 19.8. The SMILES string of the molecule is Cc1ccc(C2/C(=C(\O)c3ccccc3)C(=O)C(=O)N2c2cc(C)on2)cc1. The molecule has 0 radical (unpaired) electrons. The van der Waals surface area contributed by atoms with Crippen LogP contribution >= 0.6 is 0 Å². The molecule has 6 nitrogen and oxygen atoms in total. The number of aryl methyl sites for hydroxylation is 2. The van der Waals surface area contributed by atoms with Crippen LogP contribution in [0.4, 0.5) is 5.82 Å². The summed E-state index contributed by atoms with van der Waals surface area (Å²) >= 11 is 0. The summed E-state index contributed by atoms with van der Waals surface area (Å²) in [5.74, 6) is -0.976. The third kappa shape index (κ3) is 2.89. The molecular weight excluding hydrogens is 356 g/mol. The molecule has 1 fully saturated rings. The summed E-state index contributed by atoms with van der Waals surface area (Å²) in [5.41, 5.74) is 2.23. The van der Waals surface area contributed by atoms with E-state index in [2.05, 4.69) is 5.16 Å². The molecule has 2 aromatic carbocycles. The number of Topliss-reactive ketones (excluding diaryl/α,β-unsaturated/α-hetero) is 1. The first kappa shape index (κ1) is 17.7. The number of aliphatic hydroxyl groups excluding tert-OH is 1. The normalized spacial score (nSPS) is 18.6. The fourth-order valence-electron chi connectivity index (χ4n) is 3.35. The van der Waals surface area contributed by atoms with E-state index in [4.69, 9.17) is 4.52 Å². The van der Waals surface area contributed by atoms with E-state index in [1.54, 1.807) is 37.3 Å². The number of aromatic nitrogens is 1. The van der Waals surface area contributed by atoms with Gasteiger partial charge in [0, 0.05) is 11.6 Å². The average molecular weight is 374 g/mol. The van der Waals surface area contributed by atoms with E-state index in [1.807, 2.05) is 37.3 Å². The highest BCUT2D eigenvalue weighted by Crippen LogP contribution is 2.41. The molecule has 1 N–H and O–H groups in total. The molecule has 3 aromatic rings. The lowest BCUT2D eigenvalue weighted by Gasteiger charge is -2.23. The molecule has 0 spiro atoms. The monoisotopic (exact) mass is 374 g/mol. The van der Waals surface area contributed by atoms with Crippen LogP contribution in [-0.4, -0.2) is 22.0 Å². The molecule has 1 aliphatic heterocycles. The zero-order valence-electron chi connectivity index (χ0n) is 15.4. The molecular formula is C22H18N2O4. The average Bonchev–Trinajstić information content (AvgIpc) is 3.24. The first-order valence-corrected chi connectivity index (χ1v) is 8.83. The molecule has 140 valence electrons. The highest BCUT2D eigenvalue weighted by Gasteiger charge is 2.48. The molecule has 28 heavy (non-hydrogen) atoms. The zero-order valence-corrected chi connectivity index (χ0v) is 15.4. The standard InChI is InChI=1S/C22H18N2O4/c1-13-8-10-15(11-9-13)19-18(20(25)16-6-4-3-5-7-16)21(26)22(27)24(19)17-12-14(2)28-23-17/h3-12,19,25H,1-2H3/b20-18+. The van der Waals surface area contributed by atoms with Crippen LogP contribution in [0.5, 0.6) is 0 Å². The minimum atomic E-state index is -0.801. The predicted molar refractivity (Wildman–Crippen MR) is 104 cm³/mol. The summed E-state index contributed by atoms with van der Waals surface area (Å²) in [7, 11) is 0. The smallest absolute Gasteiger partial charge is 0.301 e. The summed E-state index contributed by atoms with van der Waals surface area (Å²) in [6, 6.07) is 17.0. The van der Waals surface area contributed by atoms with Gasteiger partial charge in [0.05, 0.1) is 11.6 Å². The highest BCUT2D eigenvalue weighted by atomic mass is 16.5. The molecule has 0 aliphatic carbocycles. The largest absolute Gasteiger partial charge is 0.507 e. The number of nitrogens with zero attached hydrogens (tertiary/aromatic N) is 2. The maximum atomic E-state index is 12.9. The number of rotatable bonds is 3. The van der Waals surface area contributed by atoms with Crippen LogP contribution in [-0.2, 0) is 9.59 Å². The van der Waals surface area contributed by atoms with E-state index >= 15 is 0 Å². The molecule has 6 heteroatoms. The molecule has 1 aromatic heterocycles. The number of benzene rings is 2. The van der Waals surface area contributed by atoms with Crippen LogP contribution in [0.2, 0.25) is 0 Å². The maximum Gasteiger partial charge on any atom is 0.301 e. The number of aliphatic hydroxyl groups is 1. The Morgan fingerprint density at radius 3 is 2.32 bits per heavy atom. The molecule has 0 bridgehead atoms. The number of anilines is 1. The summed E-state index contributed by atoms with van der Waals surface area (Å²) in [5, 5.41) is 14.8. The first-order chi connectivity index (χ1) is 13.5. The van der Waals surface area contributed by atoms with Crippen molar-refractivity contribution in [3.63, 3.8) is 0 Å². The van der Waals surface area contributed by atoms with Gasteiger partial charge in [-0.1, -0.05) is 65.3 Å². The van der Waals surface area contributed by atoms with Crippen LogP contribution in [0.1, 0.15) is 28.5 Å². The number of ketones is 1. The van der Waals surface area contributed by atoms with Gasteiger partial charge in [0.2, 0.25) is 0 Å². The van der Waals surface area contributed by atoms with E-state index in [9.17, 15) is 14.7 Å². The minimum Gasteiger partial charge on any atom is -0.507 e. The number of carbonyl (C=O) groups is 2. The first-order valence-electron chi connectivity index (χ1n) is 8.83. The third-order valence-electron chi connectivity index (χ3n) is 4.75. The van der Waals surface area contributed by atoms with E-state index in [0.29, 0.717) is 16.9 Å². The van der Waals surface area contributed by atoms with Crippen molar-refractivity contribution < 1.29 is 19.2 Å². The van der Waals surface area contributed by atoms with Crippen LogP contribution < -0.4 is 4.90 Å². The van der Waals surface area contributed by atoms with Crippen molar-refractivity contribution >= 4 is 23.3 Å². The lowest BCUT2D eigenvalue weighted by molar-refractivity contribution is -0.132. The minimum absolute atomic E-state index is 0.0284. The van der Waals surface area contributed by atoms with Crippen molar-refractivity contribution in [2.45, 2.75) is 19.9 Å². The Balaban J connectivity index is 1.94. The molecule has 1 aliphatic rings. The molecule has 2 heterocycles. The lowest BCUT2D eigenvalue weighted by Crippen LogP contribution is -2.29. The molecule has 1 atom stereocenters. The highest BCUT2D eigenvalue weighted by molar-refractivity contribution is 6.51. The van der Waals surface area contributed by atoms with Gasteiger partial charge >= 0.3 is 5.91 Å². The second kappa shape index (κ2) is 6.81. The molecule has 4 rings (SSSR count). The van der Waals surface area contributed by atoms with Crippen molar-refractivity contribution in [2.75, 3.05) is 4.90 Å². The lowest BCUT2D eigenvalue weighted by atomic mass is 9.95. The van der Waals surface area contributed by atoms with E-state index in [-0.39, 0.29) is 17.2 Å².